The number of H-pyrrole nitrogens is 1. The Hall–Kier alpha value is -3.33. The number of likely N-dealkylation sites (tertiary alicyclic amines) is 1. The van der Waals surface area contributed by atoms with Gasteiger partial charge >= 0.3 is 12.1 Å². The van der Waals surface area contributed by atoms with Crippen LogP contribution in [0.15, 0.2) is 54.7 Å². The standard InChI is InChI=1S/C26H28F3N3O3/c27-26(28,29)25(34)35-23(9-8-20-16-31-22-7-2-1-6-21(20)22)24(33)32-12-10-18(11-13-32)19-5-3-4-17(14-19)15-30/h1-7,14,16,18,23,31H,8-13,15,30H2. The summed E-state index contributed by atoms with van der Waals surface area (Å²) in [6.07, 6.45) is -3.33. The van der Waals surface area contributed by atoms with E-state index in [2.05, 4.69) is 11.1 Å². The third kappa shape index (κ3) is 5.85. The number of hydrogen-bond donors (Lipinski definition) is 2. The van der Waals surface area contributed by atoms with E-state index >= 15 is 0 Å². The Kier molecular flexibility index (Phi) is 7.45. The van der Waals surface area contributed by atoms with Crippen molar-refractivity contribution in [1.82, 2.24) is 9.88 Å². The molecule has 0 aliphatic carbocycles. The van der Waals surface area contributed by atoms with Crippen molar-refractivity contribution in [2.24, 2.45) is 5.73 Å². The number of carbonyl (C=O) groups is 2. The van der Waals surface area contributed by atoms with Crippen LogP contribution in [0.4, 0.5) is 13.2 Å². The van der Waals surface area contributed by atoms with Crippen LogP contribution in [-0.2, 0) is 27.3 Å². The van der Waals surface area contributed by atoms with Gasteiger partial charge < -0.3 is 20.4 Å². The lowest BCUT2D eigenvalue weighted by atomic mass is 9.88. The SMILES string of the molecule is NCc1cccc(C2CCN(C(=O)C(CCc3c[nH]c4ccccc34)OC(=O)C(F)(F)F)CC2)c1. The number of alkyl halides is 3. The van der Waals surface area contributed by atoms with Crippen molar-refractivity contribution in [2.45, 2.75) is 50.4 Å². The van der Waals surface area contributed by atoms with Crippen molar-refractivity contribution < 1.29 is 27.5 Å². The lowest BCUT2D eigenvalue weighted by molar-refractivity contribution is -0.206. The number of aryl methyl sites for hydroxylation is 1. The highest BCUT2D eigenvalue weighted by Gasteiger charge is 2.44. The summed E-state index contributed by atoms with van der Waals surface area (Å²) in [5.41, 5.74) is 9.63. The van der Waals surface area contributed by atoms with Crippen LogP contribution < -0.4 is 5.73 Å². The van der Waals surface area contributed by atoms with Gasteiger partial charge in [-0.1, -0.05) is 42.5 Å². The Morgan fingerprint density at radius 1 is 1.11 bits per heavy atom. The van der Waals surface area contributed by atoms with Crippen LogP contribution in [0.5, 0.6) is 0 Å². The number of halogens is 3. The summed E-state index contributed by atoms with van der Waals surface area (Å²) in [6.45, 7) is 1.20. The number of carbonyl (C=O) groups excluding carboxylic acids is 2. The van der Waals surface area contributed by atoms with Crippen LogP contribution in [0.3, 0.4) is 0 Å². The van der Waals surface area contributed by atoms with Crippen molar-refractivity contribution in [1.29, 1.82) is 0 Å². The Morgan fingerprint density at radius 2 is 1.86 bits per heavy atom. The van der Waals surface area contributed by atoms with Gasteiger partial charge in [-0.25, -0.2) is 4.79 Å². The highest BCUT2D eigenvalue weighted by Crippen LogP contribution is 2.30. The fraction of sp³-hybridized carbons (Fsp3) is 0.385. The largest absolute Gasteiger partial charge is 0.490 e. The third-order valence-electron chi connectivity index (χ3n) is 6.57. The number of fused-ring (bicyclic) bond motifs is 1. The maximum absolute atomic E-state index is 13.2. The van der Waals surface area contributed by atoms with Crippen molar-refractivity contribution in [3.8, 4) is 0 Å². The van der Waals surface area contributed by atoms with Gasteiger partial charge in [0, 0.05) is 36.7 Å². The molecule has 0 radical (unpaired) electrons. The van der Waals surface area contributed by atoms with E-state index in [1.807, 2.05) is 42.5 Å². The molecule has 3 aromatic rings. The van der Waals surface area contributed by atoms with E-state index in [0.717, 1.165) is 27.6 Å². The van der Waals surface area contributed by atoms with E-state index < -0.39 is 24.2 Å². The Bertz CT molecular complexity index is 1180. The first kappa shape index (κ1) is 24.8. The zero-order valence-electron chi connectivity index (χ0n) is 19.2. The summed E-state index contributed by atoms with van der Waals surface area (Å²) >= 11 is 0. The Labute approximate surface area is 201 Å². The minimum absolute atomic E-state index is 0.0407. The van der Waals surface area contributed by atoms with Gasteiger partial charge in [-0.05, 0) is 54.4 Å². The number of aromatic amines is 1. The molecule has 0 spiro atoms. The molecule has 3 N–H and O–H groups in total. The van der Waals surface area contributed by atoms with Gasteiger partial charge in [0.15, 0.2) is 6.10 Å². The quantitative estimate of drug-likeness (QED) is 0.483. The van der Waals surface area contributed by atoms with Gasteiger partial charge in [0.1, 0.15) is 0 Å². The van der Waals surface area contributed by atoms with E-state index in [9.17, 15) is 22.8 Å². The number of esters is 1. The highest BCUT2D eigenvalue weighted by molar-refractivity contribution is 5.86. The van der Waals surface area contributed by atoms with Crippen LogP contribution in [0.1, 0.15) is 41.9 Å². The van der Waals surface area contributed by atoms with Crippen LogP contribution in [0.2, 0.25) is 0 Å². The van der Waals surface area contributed by atoms with Gasteiger partial charge in [0.25, 0.3) is 5.91 Å². The van der Waals surface area contributed by atoms with Gasteiger partial charge in [0.05, 0.1) is 0 Å². The maximum Gasteiger partial charge on any atom is 0.490 e. The summed E-state index contributed by atoms with van der Waals surface area (Å²) in [5, 5.41) is 0.918. The minimum Gasteiger partial charge on any atom is -0.446 e. The molecule has 1 aliphatic rings. The molecule has 0 bridgehead atoms. The number of para-hydroxylation sites is 1. The number of rotatable bonds is 7. The molecule has 1 saturated heterocycles. The summed E-state index contributed by atoms with van der Waals surface area (Å²) in [7, 11) is 0. The number of hydrogen-bond acceptors (Lipinski definition) is 4. The highest BCUT2D eigenvalue weighted by atomic mass is 19.4. The number of piperidine rings is 1. The molecule has 0 saturated carbocycles. The first-order chi connectivity index (χ1) is 16.8. The molecular weight excluding hydrogens is 459 g/mol. The molecule has 35 heavy (non-hydrogen) atoms. The second-order valence-electron chi connectivity index (χ2n) is 8.84. The van der Waals surface area contributed by atoms with Crippen LogP contribution in [0, 0.1) is 0 Å². The number of amides is 1. The summed E-state index contributed by atoms with van der Waals surface area (Å²) < 4.78 is 43.5. The molecule has 4 rings (SSSR count). The zero-order valence-corrected chi connectivity index (χ0v) is 19.2. The number of nitrogens with two attached hydrogens (primary N) is 1. The number of nitrogens with zero attached hydrogens (tertiary/aromatic N) is 1. The van der Waals surface area contributed by atoms with E-state index in [-0.39, 0.29) is 18.8 Å². The zero-order chi connectivity index (χ0) is 25.0. The van der Waals surface area contributed by atoms with Crippen molar-refractivity contribution in [2.75, 3.05) is 13.1 Å². The van der Waals surface area contributed by atoms with E-state index in [1.165, 1.54) is 4.90 Å². The maximum atomic E-state index is 13.2. The molecule has 1 aliphatic heterocycles. The van der Waals surface area contributed by atoms with Crippen molar-refractivity contribution in [3.05, 3.63) is 71.4 Å². The van der Waals surface area contributed by atoms with Gasteiger partial charge in [-0.3, -0.25) is 4.79 Å². The fourth-order valence-electron chi connectivity index (χ4n) is 4.66. The number of nitrogens with one attached hydrogen (secondary N) is 1. The Balaban J connectivity index is 1.44. The Morgan fingerprint density at radius 3 is 2.57 bits per heavy atom. The van der Waals surface area contributed by atoms with Gasteiger partial charge in [-0.15, -0.1) is 0 Å². The fourth-order valence-corrected chi connectivity index (χ4v) is 4.66. The summed E-state index contributed by atoms with van der Waals surface area (Å²) in [6, 6.07) is 15.5. The average Bonchev–Trinajstić information content (AvgIpc) is 3.28. The van der Waals surface area contributed by atoms with Crippen LogP contribution in [0.25, 0.3) is 10.9 Å². The molecule has 1 unspecified atom stereocenters. The predicted octanol–water partition coefficient (Wildman–Crippen LogP) is 4.44. The molecule has 1 atom stereocenters. The lowest BCUT2D eigenvalue weighted by Crippen LogP contribution is -2.46. The van der Waals surface area contributed by atoms with Crippen molar-refractivity contribution >= 4 is 22.8 Å². The smallest absolute Gasteiger partial charge is 0.446 e. The first-order valence-corrected chi connectivity index (χ1v) is 11.7. The van der Waals surface area contributed by atoms with Crippen molar-refractivity contribution in [3.63, 3.8) is 0 Å². The van der Waals surface area contributed by atoms with Gasteiger partial charge in [-0.2, -0.15) is 13.2 Å². The monoisotopic (exact) mass is 487 g/mol. The molecule has 2 heterocycles. The molecule has 2 aromatic carbocycles. The predicted molar refractivity (Wildman–Crippen MR) is 125 cm³/mol. The van der Waals surface area contributed by atoms with E-state index in [0.29, 0.717) is 32.5 Å². The molecule has 1 fully saturated rings. The lowest BCUT2D eigenvalue weighted by Gasteiger charge is -2.34. The second kappa shape index (κ2) is 10.5. The van der Waals surface area contributed by atoms with Gasteiger partial charge in [0.2, 0.25) is 0 Å². The molecule has 6 nitrogen and oxygen atoms in total. The number of ether oxygens (including phenoxy) is 1. The molecule has 1 aromatic heterocycles. The number of aromatic nitrogens is 1. The first-order valence-electron chi connectivity index (χ1n) is 11.7. The molecule has 186 valence electrons. The molecular formula is C26H28F3N3O3. The van der Waals surface area contributed by atoms with E-state index in [1.54, 1.807) is 6.20 Å². The second-order valence-corrected chi connectivity index (χ2v) is 8.84. The number of benzene rings is 2. The third-order valence-corrected chi connectivity index (χ3v) is 6.57. The summed E-state index contributed by atoms with van der Waals surface area (Å²) in [5.74, 6) is -2.70. The molecule has 9 heteroatoms. The average molecular weight is 488 g/mol. The van der Waals surface area contributed by atoms with E-state index in [4.69, 9.17) is 10.5 Å². The normalized spacial score (nSPS) is 15.8. The topological polar surface area (TPSA) is 88.4 Å². The summed E-state index contributed by atoms with van der Waals surface area (Å²) in [4.78, 5) is 29.4. The van der Waals surface area contributed by atoms with Crippen LogP contribution in [-0.4, -0.2) is 47.1 Å². The van der Waals surface area contributed by atoms with Crippen LogP contribution >= 0.6 is 0 Å². The molecule has 1 amide bonds. The minimum atomic E-state index is -5.17.